The van der Waals surface area contributed by atoms with Crippen LogP contribution < -0.4 is 5.73 Å². The first-order valence-corrected chi connectivity index (χ1v) is 6.41. The zero-order chi connectivity index (χ0) is 13.7. The maximum absolute atomic E-state index is 12.0. The first kappa shape index (κ1) is 13.3. The Bertz CT molecular complexity index is 534. The van der Waals surface area contributed by atoms with Gasteiger partial charge in [0.05, 0.1) is 0 Å². The van der Waals surface area contributed by atoms with Gasteiger partial charge in [-0.2, -0.15) is 0 Å². The summed E-state index contributed by atoms with van der Waals surface area (Å²) in [7, 11) is 0. The van der Waals surface area contributed by atoms with Gasteiger partial charge in [0.15, 0.2) is 0 Å². The molecule has 98 valence electrons. The summed E-state index contributed by atoms with van der Waals surface area (Å²) < 4.78 is 0. The summed E-state index contributed by atoms with van der Waals surface area (Å²) in [5.74, 6) is 0.446. The highest BCUT2D eigenvalue weighted by molar-refractivity contribution is 5.81. The number of aromatic nitrogens is 1. The van der Waals surface area contributed by atoms with Crippen molar-refractivity contribution in [1.82, 2.24) is 4.98 Å². The fourth-order valence-corrected chi connectivity index (χ4v) is 2.09. The molecule has 3 heteroatoms. The van der Waals surface area contributed by atoms with Crippen LogP contribution in [0.25, 0.3) is 0 Å². The number of rotatable bonds is 5. The van der Waals surface area contributed by atoms with Crippen molar-refractivity contribution in [1.29, 1.82) is 0 Å². The first-order chi connectivity index (χ1) is 9.15. The molecule has 1 heterocycles. The average Bonchev–Trinajstić information content (AvgIpc) is 2.40. The normalized spacial score (nSPS) is 12.1. The SMILES string of the molecule is CC(CC(=O)Cc1cccnc1)c1ccc(N)cc1. The van der Waals surface area contributed by atoms with Crippen LogP contribution in [0, 0.1) is 0 Å². The van der Waals surface area contributed by atoms with Crippen LogP contribution in [0.5, 0.6) is 0 Å². The number of hydrogen-bond acceptors (Lipinski definition) is 3. The molecule has 1 aromatic heterocycles. The van der Waals surface area contributed by atoms with Gasteiger partial charge < -0.3 is 5.73 Å². The molecule has 0 spiro atoms. The minimum absolute atomic E-state index is 0.213. The molecule has 1 aromatic carbocycles. The van der Waals surface area contributed by atoms with E-state index in [1.165, 1.54) is 0 Å². The first-order valence-electron chi connectivity index (χ1n) is 6.41. The van der Waals surface area contributed by atoms with Gasteiger partial charge in [-0.3, -0.25) is 9.78 Å². The van der Waals surface area contributed by atoms with E-state index in [1.54, 1.807) is 12.4 Å². The van der Waals surface area contributed by atoms with Gasteiger partial charge >= 0.3 is 0 Å². The molecule has 19 heavy (non-hydrogen) atoms. The van der Waals surface area contributed by atoms with Crippen molar-refractivity contribution >= 4 is 11.5 Å². The second kappa shape index (κ2) is 6.14. The summed E-state index contributed by atoms with van der Waals surface area (Å²) >= 11 is 0. The van der Waals surface area contributed by atoms with E-state index < -0.39 is 0 Å². The lowest BCUT2D eigenvalue weighted by Gasteiger charge is -2.11. The highest BCUT2D eigenvalue weighted by atomic mass is 16.1. The predicted molar refractivity (Wildman–Crippen MR) is 76.8 cm³/mol. The Morgan fingerprint density at radius 2 is 2.00 bits per heavy atom. The van der Waals surface area contributed by atoms with Gasteiger partial charge in [0.25, 0.3) is 0 Å². The molecule has 0 aliphatic heterocycles. The van der Waals surface area contributed by atoms with Crippen LogP contribution in [-0.4, -0.2) is 10.8 Å². The molecule has 0 aliphatic carbocycles. The van der Waals surface area contributed by atoms with Crippen molar-refractivity contribution in [3.8, 4) is 0 Å². The average molecular weight is 254 g/mol. The fourth-order valence-electron chi connectivity index (χ4n) is 2.09. The lowest BCUT2D eigenvalue weighted by atomic mass is 9.93. The fraction of sp³-hybridized carbons (Fsp3) is 0.250. The lowest BCUT2D eigenvalue weighted by molar-refractivity contribution is -0.118. The molecule has 2 N–H and O–H groups in total. The predicted octanol–water partition coefficient (Wildman–Crippen LogP) is 2.97. The van der Waals surface area contributed by atoms with Gasteiger partial charge in [-0.15, -0.1) is 0 Å². The topological polar surface area (TPSA) is 56.0 Å². The number of nitrogens with zero attached hydrogens (tertiary/aromatic N) is 1. The molecule has 0 amide bonds. The number of Topliss-reactive ketones (excluding diaryl/α,β-unsaturated/α-hetero) is 1. The number of anilines is 1. The molecule has 0 saturated heterocycles. The zero-order valence-corrected chi connectivity index (χ0v) is 11.0. The molecule has 3 nitrogen and oxygen atoms in total. The summed E-state index contributed by atoms with van der Waals surface area (Å²) in [5, 5.41) is 0. The summed E-state index contributed by atoms with van der Waals surface area (Å²) in [6.45, 7) is 2.06. The Morgan fingerprint density at radius 3 is 2.63 bits per heavy atom. The van der Waals surface area contributed by atoms with E-state index in [0.717, 1.165) is 16.8 Å². The number of ketones is 1. The van der Waals surface area contributed by atoms with Crippen LogP contribution in [0.3, 0.4) is 0 Å². The second-order valence-corrected chi connectivity index (χ2v) is 4.85. The minimum atomic E-state index is 0.213. The van der Waals surface area contributed by atoms with Crippen LogP contribution >= 0.6 is 0 Å². The van der Waals surface area contributed by atoms with Crippen LogP contribution in [0.2, 0.25) is 0 Å². The monoisotopic (exact) mass is 254 g/mol. The third-order valence-corrected chi connectivity index (χ3v) is 3.16. The quantitative estimate of drug-likeness (QED) is 0.834. The lowest BCUT2D eigenvalue weighted by Crippen LogP contribution is -2.07. The molecule has 1 unspecified atom stereocenters. The van der Waals surface area contributed by atoms with Crippen molar-refractivity contribution < 1.29 is 4.79 Å². The number of nitrogens with two attached hydrogens (primary N) is 1. The number of nitrogen functional groups attached to an aromatic ring is 1. The van der Waals surface area contributed by atoms with Crippen LogP contribution in [0.4, 0.5) is 5.69 Å². The van der Waals surface area contributed by atoms with Crippen LogP contribution in [0.15, 0.2) is 48.8 Å². The number of hydrogen-bond donors (Lipinski definition) is 1. The van der Waals surface area contributed by atoms with Gasteiger partial charge in [0.2, 0.25) is 0 Å². The van der Waals surface area contributed by atoms with Gasteiger partial charge in [-0.25, -0.2) is 0 Å². The highest BCUT2D eigenvalue weighted by Gasteiger charge is 2.11. The molecule has 2 aromatic rings. The second-order valence-electron chi connectivity index (χ2n) is 4.85. The maximum Gasteiger partial charge on any atom is 0.137 e. The summed E-state index contributed by atoms with van der Waals surface area (Å²) in [6, 6.07) is 11.5. The Morgan fingerprint density at radius 1 is 1.26 bits per heavy atom. The number of carbonyl (C=O) groups excluding carboxylic acids is 1. The van der Waals surface area contributed by atoms with E-state index in [2.05, 4.69) is 11.9 Å². The molecular formula is C16H18N2O. The Kier molecular flexibility index (Phi) is 4.29. The Hall–Kier alpha value is -2.16. The molecule has 0 saturated carbocycles. The molecule has 2 rings (SSSR count). The highest BCUT2D eigenvalue weighted by Crippen LogP contribution is 2.21. The number of benzene rings is 1. The van der Waals surface area contributed by atoms with Crippen molar-refractivity contribution in [2.45, 2.75) is 25.7 Å². The summed E-state index contributed by atoms with van der Waals surface area (Å²) in [6.07, 6.45) is 4.45. The Labute approximate surface area is 113 Å². The third-order valence-electron chi connectivity index (χ3n) is 3.16. The zero-order valence-electron chi connectivity index (χ0n) is 11.0. The van der Waals surface area contributed by atoms with Crippen molar-refractivity contribution in [2.24, 2.45) is 0 Å². The van der Waals surface area contributed by atoms with Crippen molar-refractivity contribution in [3.05, 3.63) is 59.9 Å². The van der Waals surface area contributed by atoms with Crippen molar-refractivity contribution in [2.75, 3.05) is 5.73 Å². The molecular weight excluding hydrogens is 236 g/mol. The molecule has 0 radical (unpaired) electrons. The van der Waals surface area contributed by atoms with E-state index in [4.69, 9.17) is 5.73 Å². The number of pyridine rings is 1. The van der Waals surface area contributed by atoms with Gasteiger partial charge in [0, 0.05) is 30.9 Å². The summed E-state index contributed by atoms with van der Waals surface area (Å²) in [5.41, 5.74) is 8.52. The molecule has 0 aliphatic rings. The van der Waals surface area contributed by atoms with E-state index in [9.17, 15) is 4.79 Å². The van der Waals surface area contributed by atoms with Gasteiger partial charge in [-0.1, -0.05) is 25.1 Å². The standard InChI is InChI=1S/C16H18N2O/c1-12(14-4-6-15(17)7-5-14)9-16(19)10-13-3-2-8-18-11-13/h2-8,11-12H,9-10,17H2,1H3. The number of carbonyl (C=O) groups is 1. The molecule has 0 fully saturated rings. The minimum Gasteiger partial charge on any atom is -0.399 e. The maximum atomic E-state index is 12.0. The van der Waals surface area contributed by atoms with Crippen LogP contribution in [-0.2, 0) is 11.2 Å². The van der Waals surface area contributed by atoms with Crippen molar-refractivity contribution in [3.63, 3.8) is 0 Å². The smallest absolute Gasteiger partial charge is 0.137 e. The largest absolute Gasteiger partial charge is 0.399 e. The van der Waals surface area contributed by atoms with Gasteiger partial charge in [0.1, 0.15) is 5.78 Å². The molecule has 0 bridgehead atoms. The summed E-state index contributed by atoms with van der Waals surface area (Å²) in [4.78, 5) is 16.0. The van der Waals surface area contributed by atoms with E-state index in [0.29, 0.717) is 12.8 Å². The Balaban J connectivity index is 1.93. The van der Waals surface area contributed by atoms with E-state index in [-0.39, 0.29) is 11.7 Å². The van der Waals surface area contributed by atoms with Crippen LogP contribution in [0.1, 0.15) is 30.4 Å². The van der Waals surface area contributed by atoms with E-state index >= 15 is 0 Å². The van der Waals surface area contributed by atoms with Gasteiger partial charge in [-0.05, 0) is 35.2 Å². The third kappa shape index (κ3) is 3.91. The molecule has 1 atom stereocenters. The van der Waals surface area contributed by atoms with E-state index in [1.807, 2.05) is 36.4 Å².